The summed E-state index contributed by atoms with van der Waals surface area (Å²) in [5, 5.41) is 1.04. The zero-order chi connectivity index (χ0) is 16.4. The SMILES string of the molecule is CCc1ncc(S(=O)(=O)NCc2c(C)ccc3ncccc23)[nH]1. The van der Waals surface area contributed by atoms with Gasteiger partial charge in [0.05, 0.1) is 11.7 Å². The van der Waals surface area contributed by atoms with Gasteiger partial charge >= 0.3 is 0 Å². The fourth-order valence-corrected chi connectivity index (χ4v) is 3.40. The van der Waals surface area contributed by atoms with Gasteiger partial charge in [-0.15, -0.1) is 0 Å². The Bertz CT molecular complexity index is 948. The van der Waals surface area contributed by atoms with Gasteiger partial charge in [0.1, 0.15) is 5.82 Å². The molecule has 0 amide bonds. The molecule has 0 aliphatic heterocycles. The highest BCUT2D eigenvalue weighted by atomic mass is 32.2. The number of hydrogen-bond acceptors (Lipinski definition) is 4. The topological polar surface area (TPSA) is 87.7 Å². The minimum absolute atomic E-state index is 0.0883. The number of imidazole rings is 1. The van der Waals surface area contributed by atoms with Crippen LogP contribution in [0.5, 0.6) is 0 Å². The molecule has 6 nitrogen and oxygen atoms in total. The third kappa shape index (κ3) is 3.11. The number of pyridine rings is 1. The summed E-state index contributed by atoms with van der Waals surface area (Å²) in [7, 11) is -3.62. The summed E-state index contributed by atoms with van der Waals surface area (Å²) in [5.74, 6) is 0.649. The third-order valence-electron chi connectivity index (χ3n) is 3.80. The van der Waals surface area contributed by atoms with Crippen molar-refractivity contribution in [1.29, 1.82) is 0 Å². The monoisotopic (exact) mass is 330 g/mol. The predicted octanol–water partition coefficient (Wildman–Crippen LogP) is 2.31. The van der Waals surface area contributed by atoms with Crippen molar-refractivity contribution in [3.63, 3.8) is 0 Å². The largest absolute Gasteiger partial charge is 0.332 e. The quantitative estimate of drug-likeness (QED) is 0.751. The van der Waals surface area contributed by atoms with Gasteiger partial charge in [-0.3, -0.25) is 4.98 Å². The molecular weight excluding hydrogens is 312 g/mol. The van der Waals surface area contributed by atoms with Crippen LogP contribution in [0.1, 0.15) is 23.9 Å². The van der Waals surface area contributed by atoms with Crippen LogP contribution in [0, 0.1) is 6.92 Å². The summed E-state index contributed by atoms with van der Waals surface area (Å²) in [5.41, 5.74) is 2.79. The van der Waals surface area contributed by atoms with Gasteiger partial charge in [-0.1, -0.05) is 19.1 Å². The molecule has 0 spiro atoms. The van der Waals surface area contributed by atoms with Crippen molar-refractivity contribution >= 4 is 20.9 Å². The van der Waals surface area contributed by atoms with Crippen LogP contribution in [0.2, 0.25) is 0 Å². The number of nitrogens with one attached hydrogen (secondary N) is 2. The highest BCUT2D eigenvalue weighted by molar-refractivity contribution is 7.89. The molecule has 0 unspecified atom stereocenters. The van der Waals surface area contributed by atoms with E-state index in [1.54, 1.807) is 6.20 Å². The van der Waals surface area contributed by atoms with Crippen molar-refractivity contribution in [2.75, 3.05) is 0 Å². The summed E-state index contributed by atoms with van der Waals surface area (Å²) >= 11 is 0. The molecule has 2 heterocycles. The van der Waals surface area contributed by atoms with Crippen molar-refractivity contribution in [1.82, 2.24) is 19.7 Å². The lowest BCUT2D eigenvalue weighted by Gasteiger charge is -2.11. The highest BCUT2D eigenvalue weighted by Crippen LogP contribution is 2.21. The summed E-state index contributed by atoms with van der Waals surface area (Å²) in [6.45, 7) is 4.08. The molecule has 0 saturated carbocycles. The molecule has 0 radical (unpaired) electrons. The number of rotatable bonds is 5. The maximum Gasteiger partial charge on any atom is 0.257 e. The molecule has 0 saturated heterocycles. The van der Waals surface area contributed by atoms with Gasteiger partial charge in [0.25, 0.3) is 10.0 Å². The predicted molar refractivity (Wildman–Crippen MR) is 88.5 cm³/mol. The van der Waals surface area contributed by atoms with E-state index in [-0.39, 0.29) is 11.6 Å². The fraction of sp³-hybridized carbons (Fsp3) is 0.250. The molecule has 3 aromatic rings. The second kappa shape index (κ2) is 6.10. The van der Waals surface area contributed by atoms with Crippen molar-refractivity contribution in [3.05, 3.63) is 53.6 Å². The van der Waals surface area contributed by atoms with E-state index in [4.69, 9.17) is 0 Å². The first-order valence-corrected chi connectivity index (χ1v) is 8.86. The second-order valence-corrected chi connectivity index (χ2v) is 7.04. The first kappa shape index (κ1) is 15.6. The van der Waals surface area contributed by atoms with Crippen molar-refractivity contribution < 1.29 is 8.42 Å². The van der Waals surface area contributed by atoms with Crippen LogP contribution < -0.4 is 4.72 Å². The highest BCUT2D eigenvalue weighted by Gasteiger charge is 2.17. The number of sulfonamides is 1. The normalized spacial score (nSPS) is 11.9. The maximum absolute atomic E-state index is 12.4. The summed E-state index contributed by atoms with van der Waals surface area (Å²) in [6.07, 6.45) is 3.73. The first-order valence-electron chi connectivity index (χ1n) is 7.38. The smallest absolute Gasteiger partial charge is 0.257 e. The number of benzene rings is 1. The summed E-state index contributed by atoms with van der Waals surface area (Å²) in [4.78, 5) is 11.2. The number of H-pyrrole nitrogens is 1. The number of nitrogens with zero attached hydrogens (tertiary/aromatic N) is 2. The van der Waals surface area contributed by atoms with E-state index in [1.165, 1.54) is 6.20 Å². The minimum atomic E-state index is -3.62. The Morgan fingerprint density at radius 1 is 1.22 bits per heavy atom. The Balaban J connectivity index is 1.90. The molecule has 2 aromatic heterocycles. The molecule has 7 heteroatoms. The zero-order valence-corrected chi connectivity index (χ0v) is 13.8. The van der Waals surface area contributed by atoms with E-state index >= 15 is 0 Å². The Labute approximate surface area is 135 Å². The van der Waals surface area contributed by atoms with Gasteiger partial charge in [0.2, 0.25) is 0 Å². The van der Waals surface area contributed by atoms with Crippen LogP contribution >= 0.6 is 0 Å². The number of hydrogen-bond donors (Lipinski definition) is 2. The first-order chi connectivity index (χ1) is 11.0. The van der Waals surface area contributed by atoms with E-state index in [9.17, 15) is 8.42 Å². The molecule has 3 rings (SSSR count). The number of aromatic nitrogens is 3. The van der Waals surface area contributed by atoms with E-state index in [0.717, 1.165) is 22.0 Å². The van der Waals surface area contributed by atoms with E-state index < -0.39 is 10.0 Å². The molecule has 0 atom stereocenters. The second-order valence-electron chi connectivity index (χ2n) is 5.30. The number of aryl methyl sites for hydroxylation is 2. The number of fused-ring (bicyclic) bond motifs is 1. The molecule has 2 N–H and O–H groups in total. The lowest BCUT2D eigenvalue weighted by molar-refractivity contribution is 0.578. The van der Waals surface area contributed by atoms with Crippen LogP contribution in [-0.2, 0) is 23.0 Å². The van der Waals surface area contributed by atoms with Gasteiger partial charge < -0.3 is 4.98 Å². The summed E-state index contributed by atoms with van der Waals surface area (Å²) < 4.78 is 27.4. The Hall–Kier alpha value is -2.25. The van der Waals surface area contributed by atoms with E-state index in [2.05, 4.69) is 19.7 Å². The third-order valence-corrected chi connectivity index (χ3v) is 5.11. The van der Waals surface area contributed by atoms with Crippen molar-refractivity contribution in [2.45, 2.75) is 31.8 Å². The fourth-order valence-electron chi connectivity index (χ4n) is 2.46. The lowest BCUT2D eigenvalue weighted by atomic mass is 10.0. The molecule has 120 valence electrons. The Morgan fingerprint density at radius 3 is 2.78 bits per heavy atom. The van der Waals surface area contributed by atoms with Gasteiger partial charge in [-0.2, -0.15) is 0 Å². The van der Waals surface area contributed by atoms with Crippen LogP contribution in [0.25, 0.3) is 10.9 Å². The molecule has 0 bridgehead atoms. The average molecular weight is 330 g/mol. The Kier molecular flexibility index (Phi) is 4.14. The van der Waals surface area contributed by atoms with E-state index in [1.807, 2.05) is 38.1 Å². The number of aromatic amines is 1. The van der Waals surface area contributed by atoms with E-state index in [0.29, 0.717) is 12.2 Å². The van der Waals surface area contributed by atoms with Gasteiger partial charge in [-0.05, 0) is 30.2 Å². The maximum atomic E-state index is 12.4. The standard InChI is InChI=1S/C16H18N4O2S/c1-3-15-18-10-16(20-15)23(21,22)19-9-13-11(2)6-7-14-12(13)5-4-8-17-14/h4-8,10,19H,3,9H2,1-2H3,(H,18,20). The molecule has 0 aliphatic carbocycles. The average Bonchev–Trinajstić information content (AvgIpc) is 3.04. The Morgan fingerprint density at radius 2 is 2.04 bits per heavy atom. The van der Waals surface area contributed by atoms with Crippen LogP contribution in [-0.4, -0.2) is 23.4 Å². The van der Waals surface area contributed by atoms with Crippen LogP contribution in [0.3, 0.4) is 0 Å². The van der Waals surface area contributed by atoms with Crippen LogP contribution in [0.15, 0.2) is 41.7 Å². The molecular formula is C16H18N4O2S. The minimum Gasteiger partial charge on any atom is -0.332 e. The van der Waals surface area contributed by atoms with Gasteiger partial charge in [-0.25, -0.2) is 18.1 Å². The summed E-state index contributed by atoms with van der Waals surface area (Å²) in [6, 6.07) is 7.68. The lowest BCUT2D eigenvalue weighted by Crippen LogP contribution is -2.24. The molecule has 0 aliphatic rings. The van der Waals surface area contributed by atoms with Gasteiger partial charge in [0, 0.05) is 24.5 Å². The molecule has 23 heavy (non-hydrogen) atoms. The van der Waals surface area contributed by atoms with Gasteiger partial charge in [0.15, 0.2) is 5.03 Å². The zero-order valence-electron chi connectivity index (χ0n) is 13.0. The van der Waals surface area contributed by atoms with Crippen molar-refractivity contribution in [2.24, 2.45) is 0 Å². The molecule has 1 aromatic carbocycles. The van der Waals surface area contributed by atoms with Crippen LogP contribution in [0.4, 0.5) is 0 Å². The molecule has 0 fully saturated rings. The van der Waals surface area contributed by atoms with Crippen molar-refractivity contribution in [3.8, 4) is 0 Å².